The second-order valence-corrected chi connectivity index (χ2v) is 6.94. The van der Waals surface area contributed by atoms with Crippen LogP contribution in [0, 0.1) is 0 Å². The van der Waals surface area contributed by atoms with Gasteiger partial charge in [0, 0.05) is 12.1 Å². The number of hydrogen-bond acceptors (Lipinski definition) is 10. The Bertz CT molecular complexity index is 953. The summed E-state index contributed by atoms with van der Waals surface area (Å²) < 4.78 is 10.7. The average Bonchev–Trinajstić information content (AvgIpc) is 2.73. The van der Waals surface area contributed by atoms with Gasteiger partial charge in [-0.3, -0.25) is 4.79 Å². The average molecular weight is 434 g/mol. The van der Waals surface area contributed by atoms with E-state index in [0.717, 1.165) is 18.2 Å². The lowest BCUT2D eigenvalue weighted by molar-refractivity contribution is -0.277. The first-order valence-corrected chi connectivity index (χ1v) is 9.26. The SMILES string of the molecule is O=C(/C=C/c1ccc(O)cc1)c1c(O)cc(O)cc1O[C@@H]1O[C@H](CO)[C@H](O)[C@H](O)[C@H]1O. The maximum absolute atomic E-state index is 12.7. The van der Waals surface area contributed by atoms with Crippen LogP contribution in [0.2, 0.25) is 0 Å². The highest BCUT2D eigenvalue weighted by molar-refractivity contribution is 6.10. The Morgan fingerprint density at radius 3 is 2.29 bits per heavy atom. The van der Waals surface area contributed by atoms with Gasteiger partial charge in [0.05, 0.1) is 6.61 Å². The molecule has 31 heavy (non-hydrogen) atoms. The fourth-order valence-electron chi connectivity index (χ4n) is 3.06. The summed E-state index contributed by atoms with van der Waals surface area (Å²) in [5.41, 5.74) is 0.227. The molecular formula is C21H22O10. The summed E-state index contributed by atoms with van der Waals surface area (Å²) in [5.74, 6) is -2.08. The molecule has 0 amide bonds. The number of benzene rings is 2. The number of ether oxygens (including phenoxy) is 2. The molecule has 0 spiro atoms. The molecule has 10 nitrogen and oxygen atoms in total. The molecule has 0 unspecified atom stereocenters. The summed E-state index contributed by atoms with van der Waals surface area (Å²) >= 11 is 0. The molecule has 1 aliphatic heterocycles. The van der Waals surface area contributed by atoms with Crippen molar-refractivity contribution >= 4 is 11.9 Å². The van der Waals surface area contributed by atoms with Gasteiger partial charge in [0.15, 0.2) is 5.78 Å². The Balaban J connectivity index is 1.89. The van der Waals surface area contributed by atoms with Crippen molar-refractivity contribution in [3.05, 3.63) is 53.6 Å². The number of aromatic hydroxyl groups is 3. The van der Waals surface area contributed by atoms with Crippen LogP contribution >= 0.6 is 0 Å². The number of ketones is 1. The van der Waals surface area contributed by atoms with E-state index in [1.807, 2.05) is 0 Å². The smallest absolute Gasteiger partial charge is 0.229 e. The molecule has 0 bridgehead atoms. The first-order valence-electron chi connectivity index (χ1n) is 9.26. The van der Waals surface area contributed by atoms with Crippen LogP contribution in [0.5, 0.6) is 23.0 Å². The lowest BCUT2D eigenvalue weighted by Crippen LogP contribution is -2.60. The summed E-state index contributed by atoms with van der Waals surface area (Å²) in [4.78, 5) is 12.7. The van der Waals surface area contributed by atoms with Gasteiger partial charge in [0.25, 0.3) is 0 Å². The van der Waals surface area contributed by atoms with Crippen molar-refractivity contribution in [1.82, 2.24) is 0 Å². The number of hydrogen-bond donors (Lipinski definition) is 7. The number of aliphatic hydroxyl groups is 4. The van der Waals surface area contributed by atoms with E-state index in [-0.39, 0.29) is 17.1 Å². The first-order chi connectivity index (χ1) is 14.7. The summed E-state index contributed by atoms with van der Waals surface area (Å²) in [6.45, 7) is -0.683. The van der Waals surface area contributed by atoms with E-state index in [4.69, 9.17) is 9.47 Å². The molecule has 2 aromatic carbocycles. The second kappa shape index (κ2) is 9.33. The standard InChI is InChI=1S/C21H22O10/c22-9-16-18(27)19(28)20(29)21(31-16)30-15-8-12(24)7-14(26)17(15)13(25)6-3-10-1-4-11(23)5-2-10/h1-8,16,18-24,26-29H,9H2/b6-3+/t16-,18+,19+,20-,21-/m1/s1. The number of aliphatic hydroxyl groups excluding tert-OH is 4. The lowest BCUT2D eigenvalue weighted by atomic mass is 9.99. The number of phenolic OH excluding ortho intramolecular Hbond substituents is 3. The van der Waals surface area contributed by atoms with Gasteiger partial charge in [-0.1, -0.05) is 18.2 Å². The van der Waals surface area contributed by atoms with Crippen LogP contribution in [-0.4, -0.2) is 78.8 Å². The van der Waals surface area contributed by atoms with E-state index in [9.17, 15) is 40.5 Å². The van der Waals surface area contributed by atoms with Crippen molar-refractivity contribution in [2.24, 2.45) is 0 Å². The summed E-state index contributed by atoms with van der Waals surface area (Å²) in [7, 11) is 0. The number of carbonyl (C=O) groups is 1. The zero-order valence-corrected chi connectivity index (χ0v) is 16.1. The minimum atomic E-state index is -1.75. The van der Waals surface area contributed by atoms with Crippen molar-refractivity contribution in [3.63, 3.8) is 0 Å². The van der Waals surface area contributed by atoms with E-state index in [1.165, 1.54) is 18.2 Å². The van der Waals surface area contributed by atoms with Crippen molar-refractivity contribution in [1.29, 1.82) is 0 Å². The Labute approximate surface area is 176 Å². The maximum Gasteiger partial charge on any atom is 0.229 e. The van der Waals surface area contributed by atoms with Crippen LogP contribution in [0.15, 0.2) is 42.5 Å². The number of allylic oxidation sites excluding steroid dienone is 1. The Hall–Kier alpha value is -3.15. The minimum Gasteiger partial charge on any atom is -0.508 e. The zero-order chi connectivity index (χ0) is 22.7. The van der Waals surface area contributed by atoms with Crippen LogP contribution in [0.4, 0.5) is 0 Å². The van der Waals surface area contributed by atoms with E-state index in [0.29, 0.717) is 5.56 Å². The predicted octanol–water partition coefficient (Wildman–Crippen LogP) is -0.122. The molecule has 0 radical (unpaired) electrons. The molecule has 2 aromatic rings. The number of phenols is 3. The molecule has 5 atom stereocenters. The fraction of sp³-hybridized carbons (Fsp3) is 0.286. The summed E-state index contributed by atoms with van der Waals surface area (Å²) in [6, 6.07) is 7.89. The third-order valence-electron chi connectivity index (χ3n) is 4.72. The molecule has 7 N–H and O–H groups in total. The maximum atomic E-state index is 12.7. The highest BCUT2D eigenvalue weighted by Gasteiger charge is 2.45. The molecule has 1 aliphatic rings. The van der Waals surface area contributed by atoms with Gasteiger partial charge in [-0.2, -0.15) is 0 Å². The monoisotopic (exact) mass is 434 g/mol. The molecule has 166 valence electrons. The van der Waals surface area contributed by atoms with Crippen LogP contribution in [0.1, 0.15) is 15.9 Å². The minimum absolute atomic E-state index is 0.0508. The van der Waals surface area contributed by atoms with E-state index in [2.05, 4.69) is 0 Å². The number of carbonyl (C=O) groups excluding carboxylic acids is 1. The van der Waals surface area contributed by atoms with E-state index in [1.54, 1.807) is 12.1 Å². The number of rotatable bonds is 6. The Morgan fingerprint density at radius 2 is 1.65 bits per heavy atom. The second-order valence-electron chi connectivity index (χ2n) is 6.94. The first kappa shape index (κ1) is 22.5. The zero-order valence-electron chi connectivity index (χ0n) is 16.1. The highest BCUT2D eigenvalue weighted by Crippen LogP contribution is 2.36. The van der Waals surface area contributed by atoms with Gasteiger partial charge in [-0.25, -0.2) is 0 Å². The molecular weight excluding hydrogens is 412 g/mol. The normalized spacial score (nSPS) is 26.1. The van der Waals surface area contributed by atoms with Gasteiger partial charge in [-0.05, 0) is 23.8 Å². The third-order valence-corrected chi connectivity index (χ3v) is 4.72. The Morgan fingerprint density at radius 1 is 0.968 bits per heavy atom. The van der Waals surface area contributed by atoms with Gasteiger partial charge in [0.2, 0.25) is 6.29 Å². The van der Waals surface area contributed by atoms with E-state index >= 15 is 0 Å². The molecule has 3 rings (SSSR count). The van der Waals surface area contributed by atoms with E-state index < -0.39 is 54.6 Å². The van der Waals surface area contributed by atoms with Gasteiger partial charge < -0.3 is 45.2 Å². The molecule has 1 fully saturated rings. The van der Waals surface area contributed by atoms with Crippen LogP contribution in [0.25, 0.3) is 6.08 Å². The van der Waals surface area contributed by atoms with Gasteiger partial charge in [-0.15, -0.1) is 0 Å². The molecule has 0 aliphatic carbocycles. The summed E-state index contributed by atoms with van der Waals surface area (Å²) in [5, 5.41) is 68.5. The fourth-order valence-corrected chi connectivity index (χ4v) is 3.06. The molecule has 0 aromatic heterocycles. The molecule has 1 saturated heterocycles. The quantitative estimate of drug-likeness (QED) is 0.239. The summed E-state index contributed by atoms with van der Waals surface area (Å²) in [6.07, 6.45) is -5.39. The molecule has 10 heteroatoms. The van der Waals surface area contributed by atoms with Gasteiger partial charge in [0.1, 0.15) is 53.0 Å². The molecule has 0 saturated carbocycles. The van der Waals surface area contributed by atoms with Crippen molar-refractivity contribution in [2.45, 2.75) is 30.7 Å². The van der Waals surface area contributed by atoms with Gasteiger partial charge >= 0.3 is 0 Å². The lowest BCUT2D eigenvalue weighted by Gasteiger charge is -2.39. The molecule has 1 heterocycles. The Kier molecular flexibility index (Phi) is 6.78. The van der Waals surface area contributed by atoms with Crippen molar-refractivity contribution in [3.8, 4) is 23.0 Å². The third kappa shape index (κ3) is 4.95. The van der Waals surface area contributed by atoms with Crippen LogP contribution in [0.3, 0.4) is 0 Å². The highest BCUT2D eigenvalue weighted by atomic mass is 16.7. The predicted molar refractivity (Wildman–Crippen MR) is 106 cm³/mol. The van der Waals surface area contributed by atoms with Crippen molar-refractivity contribution in [2.75, 3.05) is 6.61 Å². The van der Waals surface area contributed by atoms with Crippen LogP contribution in [-0.2, 0) is 4.74 Å². The largest absolute Gasteiger partial charge is 0.508 e. The van der Waals surface area contributed by atoms with Crippen molar-refractivity contribution < 1.29 is 50.0 Å². The topological polar surface area (TPSA) is 177 Å². The van der Waals surface area contributed by atoms with Crippen LogP contribution < -0.4 is 4.74 Å².